The van der Waals surface area contributed by atoms with Crippen molar-refractivity contribution in [2.24, 2.45) is 0 Å². The van der Waals surface area contributed by atoms with Gasteiger partial charge in [-0.05, 0) is 54.8 Å². The molecule has 3 rings (SSSR count). The molecule has 0 aliphatic rings. The topological polar surface area (TPSA) is 91.1 Å². The van der Waals surface area contributed by atoms with E-state index in [1.807, 2.05) is 0 Å². The summed E-state index contributed by atoms with van der Waals surface area (Å²) in [5.74, 6) is -0.598. The number of halogens is 1. The van der Waals surface area contributed by atoms with Gasteiger partial charge >= 0.3 is 0 Å². The number of sulfonamides is 1. The summed E-state index contributed by atoms with van der Waals surface area (Å²) in [6.07, 6.45) is 3.44. The van der Waals surface area contributed by atoms with E-state index in [2.05, 4.69) is 15.0 Å². The second kappa shape index (κ2) is 7.40. The third-order valence-electron chi connectivity index (χ3n) is 4.20. The Balaban J connectivity index is 1.66. The molecule has 3 N–H and O–H groups in total. The fourth-order valence-electron chi connectivity index (χ4n) is 2.85. The van der Waals surface area contributed by atoms with Crippen LogP contribution in [0.3, 0.4) is 0 Å². The molecule has 0 aliphatic heterocycles. The predicted molar refractivity (Wildman–Crippen MR) is 104 cm³/mol. The maximum Gasteiger partial charge on any atom is 0.251 e. The van der Waals surface area contributed by atoms with Gasteiger partial charge in [-0.15, -0.1) is 0 Å². The third kappa shape index (κ3) is 4.65. The molecule has 0 unspecified atom stereocenters. The molecule has 0 atom stereocenters. The Labute approximate surface area is 156 Å². The number of carbonyl (C=O) groups is 1. The van der Waals surface area contributed by atoms with Gasteiger partial charge in [-0.1, -0.05) is 6.07 Å². The van der Waals surface area contributed by atoms with Crippen molar-refractivity contribution in [3.05, 3.63) is 65.1 Å². The van der Waals surface area contributed by atoms with Gasteiger partial charge in [0.15, 0.2) is 0 Å². The van der Waals surface area contributed by atoms with Crippen LogP contribution in [0.25, 0.3) is 10.9 Å². The number of nitrogens with one attached hydrogen (secondary N) is 3. The first-order valence-corrected chi connectivity index (χ1v) is 10.2. The van der Waals surface area contributed by atoms with Crippen molar-refractivity contribution in [3.8, 4) is 0 Å². The summed E-state index contributed by atoms with van der Waals surface area (Å²) in [7, 11) is -3.42. The maximum atomic E-state index is 13.2. The standard InChI is InChI=1S/C19H20FN3O3S/c1-12-3-4-13(9-17(12)23-27(2,25)26)19(24)21-8-7-14-11-22-18-10-15(20)5-6-16(14)18/h3-6,9-11,22-23H,7-8H2,1-2H3,(H,21,24). The average molecular weight is 389 g/mol. The molecule has 8 heteroatoms. The van der Waals surface area contributed by atoms with Crippen molar-refractivity contribution in [1.82, 2.24) is 10.3 Å². The van der Waals surface area contributed by atoms with Crippen molar-refractivity contribution < 1.29 is 17.6 Å². The van der Waals surface area contributed by atoms with E-state index < -0.39 is 10.0 Å². The van der Waals surface area contributed by atoms with Gasteiger partial charge in [-0.2, -0.15) is 0 Å². The number of hydrogen-bond donors (Lipinski definition) is 3. The van der Waals surface area contributed by atoms with E-state index >= 15 is 0 Å². The number of amides is 1. The molecule has 1 amide bonds. The van der Waals surface area contributed by atoms with E-state index in [0.717, 1.165) is 22.8 Å². The summed E-state index contributed by atoms with van der Waals surface area (Å²) in [5.41, 5.74) is 3.17. The minimum Gasteiger partial charge on any atom is -0.361 e. The molecule has 0 aliphatic carbocycles. The SMILES string of the molecule is Cc1ccc(C(=O)NCCc2c[nH]c3cc(F)ccc23)cc1NS(C)(=O)=O. The lowest BCUT2D eigenvalue weighted by molar-refractivity contribution is 0.0954. The number of H-pyrrole nitrogens is 1. The Morgan fingerprint density at radius 3 is 2.70 bits per heavy atom. The molecule has 6 nitrogen and oxygen atoms in total. The number of rotatable bonds is 6. The van der Waals surface area contributed by atoms with E-state index in [0.29, 0.717) is 29.7 Å². The fraction of sp³-hybridized carbons (Fsp3) is 0.211. The van der Waals surface area contributed by atoms with Crippen LogP contribution >= 0.6 is 0 Å². The van der Waals surface area contributed by atoms with Gasteiger partial charge in [-0.25, -0.2) is 12.8 Å². The number of aromatic amines is 1. The Kier molecular flexibility index (Phi) is 5.18. The highest BCUT2D eigenvalue weighted by molar-refractivity contribution is 7.92. The lowest BCUT2D eigenvalue weighted by Gasteiger charge is -2.10. The summed E-state index contributed by atoms with van der Waals surface area (Å²) >= 11 is 0. The smallest absolute Gasteiger partial charge is 0.251 e. The number of fused-ring (bicyclic) bond motifs is 1. The molecule has 1 aromatic heterocycles. The zero-order valence-corrected chi connectivity index (χ0v) is 15.8. The second-order valence-corrected chi connectivity index (χ2v) is 8.16. The molecule has 0 saturated carbocycles. The van der Waals surface area contributed by atoms with Crippen LogP contribution in [-0.4, -0.2) is 32.1 Å². The average Bonchev–Trinajstić information content (AvgIpc) is 2.97. The molecule has 1 heterocycles. The Hall–Kier alpha value is -2.87. The normalized spacial score (nSPS) is 11.5. The summed E-state index contributed by atoms with van der Waals surface area (Å²) in [4.78, 5) is 15.4. The summed E-state index contributed by atoms with van der Waals surface area (Å²) in [5, 5.41) is 3.74. The highest BCUT2D eigenvalue weighted by atomic mass is 32.2. The van der Waals surface area contributed by atoms with Crippen LogP contribution in [0.15, 0.2) is 42.6 Å². The van der Waals surface area contributed by atoms with E-state index in [1.54, 1.807) is 31.3 Å². The molecule has 3 aromatic rings. The van der Waals surface area contributed by atoms with Crippen LogP contribution in [0.2, 0.25) is 0 Å². The van der Waals surface area contributed by atoms with Gasteiger partial charge in [0.2, 0.25) is 10.0 Å². The molecular weight excluding hydrogens is 369 g/mol. The third-order valence-corrected chi connectivity index (χ3v) is 4.80. The van der Waals surface area contributed by atoms with Crippen LogP contribution in [0.1, 0.15) is 21.5 Å². The van der Waals surface area contributed by atoms with Crippen LogP contribution in [0, 0.1) is 12.7 Å². The minimum absolute atomic E-state index is 0.294. The predicted octanol–water partition coefficient (Wildman–Crippen LogP) is 2.96. The molecule has 0 bridgehead atoms. The molecule has 142 valence electrons. The number of carbonyl (C=O) groups excluding carboxylic acids is 1. The van der Waals surface area contributed by atoms with E-state index in [1.165, 1.54) is 18.2 Å². The molecule has 2 aromatic carbocycles. The van der Waals surface area contributed by atoms with Crippen molar-refractivity contribution in [2.45, 2.75) is 13.3 Å². The zero-order chi connectivity index (χ0) is 19.6. The van der Waals surface area contributed by atoms with Crippen molar-refractivity contribution >= 4 is 32.5 Å². The maximum absolute atomic E-state index is 13.2. The van der Waals surface area contributed by atoms with Crippen LogP contribution < -0.4 is 10.0 Å². The number of anilines is 1. The Bertz CT molecular complexity index is 1110. The van der Waals surface area contributed by atoms with E-state index in [-0.39, 0.29) is 11.7 Å². The molecular formula is C19H20FN3O3S. The van der Waals surface area contributed by atoms with Crippen LogP contribution in [0.4, 0.5) is 10.1 Å². The highest BCUT2D eigenvalue weighted by Gasteiger charge is 2.11. The van der Waals surface area contributed by atoms with Gasteiger partial charge in [0.05, 0.1) is 11.9 Å². The first-order valence-electron chi connectivity index (χ1n) is 8.35. The first kappa shape index (κ1) is 18.9. The summed E-state index contributed by atoms with van der Waals surface area (Å²) in [6, 6.07) is 9.39. The molecule has 0 spiro atoms. The molecule has 27 heavy (non-hydrogen) atoms. The summed E-state index contributed by atoms with van der Waals surface area (Å²) in [6.45, 7) is 2.15. The quantitative estimate of drug-likeness (QED) is 0.605. The lowest BCUT2D eigenvalue weighted by Crippen LogP contribution is -2.25. The monoisotopic (exact) mass is 389 g/mol. The van der Waals surface area contributed by atoms with Crippen molar-refractivity contribution in [2.75, 3.05) is 17.5 Å². The van der Waals surface area contributed by atoms with Gasteiger partial charge in [-0.3, -0.25) is 9.52 Å². The Morgan fingerprint density at radius 1 is 1.19 bits per heavy atom. The number of aromatic nitrogens is 1. The van der Waals surface area contributed by atoms with Crippen LogP contribution in [-0.2, 0) is 16.4 Å². The van der Waals surface area contributed by atoms with Crippen LogP contribution in [0.5, 0.6) is 0 Å². The summed E-state index contributed by atoms with van der Waals surface area (Å²) < 4.78 is 38.5. The minimum atomic E-state index is -3.42. The van der Waals surface area contributed by atoms with E-state index in [4.69, 9.17) is 0 Å². The zero-order valence-electron chi connectivity index (χ0n) is 15.0. The first-order chi connectivity index (χ1) is 12.7. The van der Waals surface area contributed by atoms with E-state index in [9.17, 15) is 17.6 Å². The fourth-order valence-corrected chi connectivity index (χ4v) is 3.47. The second-order valence-electron chi connectivity index (χ2n) is 6.41. The van der Waals surface area contributed by atoms with Gasteiger partial charge in [0.25, 0.3) is 5.91 Å². The van der Waals surface area contributed by atoms with Crippen molar-refractivity contribution in [1.29, 1.82) is 0 Å². The highest BCUT2D eigenvalue weighted by Crippen LogP contribution is 2.20. The van der Waals surface area contributed by atoms with Crippen molar-refractivity contribution in [3.63, 3.8) is 0 Å². The molecule has 0 radical (unpaired) electrons. The van der Waals surface area contributed by atoms with Gasteiger partial charge in [0, 0.05) is 29.2 Å². The number of hydrogen-bond acceptors (Lipinski definition) is 3. The van der Waals surface area contributed by atoms with Gasteiger partial charge in [0.1, 0.15) is 5.82 Å². The molecule has 0 fully saturated rings. The molecule has 0 saturated heterocycles. The largest absolute Gasteiger partial charge is 0.361 e. The number of benzene rings is 2. The van der Waals surface area contributed by atoms with Gasteiger partial charge < -0.3 is 10.3 Å². The lowest BCUT2D eigenvalue weighted by atomic mass is 10.1. The Morgan fingerprint density at radius 2 is 1.96 bits per heavy atom. The number of aryl methyl sites for hydroxylation is 1.